The maximum atomic E-state index is 8.84. The summed E-state index contributed by atoms with van der Waals surface area (Å²) in [5, 5.41) is 11.0. The van der Waals surface area contributed by atoms with Gasteiger partial charge in [-0.3, -0.25) is 5.01 Å². The van der Waals surface area contributed by atoms with Crippen molar-refractivity contribution in [3.8, 4) is 0 Å². The molecule has 2 atom stereocenters. The van der Waals surface area contributed by atoms with Crippen molar-refractivity contribution < 1.29 is 9.84 Å². The molecule has 1 aromatic heterocycles. The van der Waals surface area contributed by atoms with E-state index in [0.29, 0.717) is 23.3 Å². The first-order chi connectivity index (χ1) is 11.1. The lowest BCUT2D eigenvalue weighted by Crippen LogP contribution is -2.41. The summed E-state index contributed by atoms with van der Waals surface area (Å²) in [4.78, 5) is 8.67. The van der Waals surface area contributed by atoms with E-state index in [0.717, 1.165) is 31.4 Å². The van der Waals surface area contributed by atoms with Crippen molar-refractivity contribution in [3.63, 3.8) is 0 Å². The van der Waals surface area contributed by atoms with Crippen molar-refractivity contribution in [1.29, 1.82) is 0 Å². The number of ether oxygens (including phenoxy) is 1. The van der Waals surface area contributed by atoms with Gasteiger partial charge in [0.2, 0.25) is 0 Å². The second kappa shape index (κ2) is 8.53. The zero-order valence-electron chi connectivity index (χ0n) is 13.4. The van der Waals surface area contributed by atoms with E-state index in [2.05, 4.69) is 16.9 Å². The SMILES string of the molecule is CCCSc1nc(N)c(N)c(N(N)C2CCC(OCCO)C2)n1. The summed E-state index contributed by atoms with van der Waals surface area (Å²) >= 11 is 1.54. The van der Waals surface area contributed by atoms with Crippen LogP contribution in [0.25, 0.3) is 0 Å². The van der Waals surface area contributed by atoms with Crippen LogP contribution in [0.1, 0.15) is 32.6 Å². The Balaban J connectivity index is 2.09. The van der Waals surface area contributed by atoms with Crippen LogP contribution >= 0.6 is 11.8 Å². The molecule has 8 nitrogen and oxygen atoms in total. The molecule has 23 heavy (non-hydrogen) atoms. The van der Waals surface area contributed by atoms with Crippen molar-refractivity contribution in [2.24, 2.45) is 5.84 Å². The van der Waals surface area contributed by atoms with Crippen LogP contribution in [0, 0.1) is 0 Å². The number of nitrogen functional groups attached to an aromatic ring is 2. The molecule has 2 rings (SSSR count). The fraction of sp³-hybridized carbons (Fsp3) is 0.714. The first-order valence-corrected chi connectivity index (χ1v) is 8.87. The Morgan fingerprint density at radius 2 is 2.13 bits per heavy atom. The van der Waals surface area contributed by atoms with E-state index < -0.39 is 0 Å². The predicted octanol–water partition coefficient (Wildman–Crippen LogP) is 0.753. The molecule has 1 fully saturated rings. The van der Waals surface area contributed by atoms with Gasteiger partial charge in [-0.1, -0.05) is 18.7 Å². The minimum absolute atomic E-state index is 0.0287. The molecule has 0 aliphatic heterocycles. The van der Waals surface area contributed by atoms with E-state index in [1.807, 2.05) is 0 Å². The molecule has 1 heterocycles. The molecule has 0 spiro atoms. The number of hydrogen-bond acceptors (Lipinski definition) is 9. The largest absolute Gasteiger partial charge is 0.394 e. The van der Waals surface area contributed by atoms with Crippen molar-refractivity contribution in [2.45, 2.75) is 49.9 Å². The Hall–Kier alpha value is -1.29. The third-order valence-corrected chi connectivity index (χ3v) is 4.86. The number of rotatable bonds is 8. The minimum atomic E-state index is 0.0287. The lowest BCUT2D eigenvalue weighted by molar-refractivity contribution is 0.0322. The van der Waals surface area contributed by atoms with E-state index >= 15 is 0 Å². The second-order valence-electron chi connectivity index (χ2n) is 5.57. The average molecular weight is 342 g/mol. The number of nitrogens with two attached hydrogens (primary N) is 3. The average Bonchev–Trinajstić information content (AvgIpc) is 3.02. The summed E-state index contributed by atoms with van der Waals surface area (Å²) in [7, 11) is 0. The molecule has 0 radical (unpaired) electrons. The quantitative estimate of drug-likeness (QED) is 0.233. The van der Waals surface area contributed by atoms with Crippen molar-refractivity contribution >= 4 is 29.1 Å². The van der Waals surface area contributed by atoms with E-state index in [9.17, 15) is 0 Å². The predicted molar refractivity (Wildman–Crippen MR) is 93.0 cm³/mol. The Morgan fingerprint density at radius 1 is 1.35 bits per heavy atom. The zero-order valence-corrected chi connectivity index (χ0v) is 14.3. The fourth-order valence-electron chi connectivity index (χ4n) is 2.62. The molecule has 1 aliphatic rings. The van der Waals surface area contributed by atoms with E-state index in [1.54, 1.807) is 5.01 Å². The minimum Gasteiger partial charge on any atom is -0.394 e. The lowest BCUT2D eigenvalue weighted by atomic mass is 10.2. The normalized spacial score (nSPS) is 20.8. The van der Waals surface area contributed by atoms with E-state index in [-0.39, 0.29) is 24.6 Å². The van der Waals surface area contributed by atoms with Gasteiger partial charge in [-0.15, -0.1) is 0 Å². The van der Waals surface area contributed by atoms with E-state index in [1.165, 1.54) is 11.8 Å². The first-order valence-electron chi connectivity index (χ1n) is 7.89. The van der Waals surface area contributed by atoms with Crippen LogP contribution in [0.5, 0.6) is 0 Å². The molecule has 0 aromatic carbocycles. The summed E-state index contributed by atoms with van der Waals surface area (Å²) in [5.74, 6) is 7.90. The monoisotopic (exact) mass is 342 g/mol. The highest BCUT2D eigenvalue weighted by Crippen LogP contribution is 2.33. The highest BCUT2D eigenvalue weighted by atomic mass is 32.2. The van der Waals surface area contributed by atoms with Crippen molar-refractivity contribution in [3.05, 3.63) is 0 Å². The number of nitrogens with zero attached hydrogens (tertiary/aromatic N) is 3. The second-order valence-corrected chi connectivity index (χ2v) is 6.63. The molecule has 9 heteroatoms. The van der Waals surface area contributed by atoms with Gasteiger partial charge in [0.05, 0.1) is 19.3 Å². The van der Waals surface area contributed by atoms with Gasteiger partial charge in [-0.2, -0.15) is 0 Å². The van der Waals surface area contributed by atoms with Gasteiger partial charge >= 0.3 is 0 Å². The van der Waals surface area contributed by atoms with Crippen molar-refractivity contribution in [2.75, 3.05) is 35.4 Å². The third-order valence-electron chi connectivity index (χ3n) is 3.81. The fourth-order valence-corrected chi connectivity index (χ4v) is 3.32. The smallest absolute Gasteiger partial charge is 0.191 e. The number of aliphatic hydroxyl groups is 1. The standard InChI is InChI=1S/C14H26N6O2S/c1-2-7-23-14-18-12(16)11(15)13(19-14)20(17)9-3-4-10(8-9)22-6-5-21/h9-10,21H,2-8,15,17H2,1H3,(H2,16,18,19). The number of hydrazine groups is 1. The van der Waals surface area contributed by atoms with Gasteiger partial charge in [-0.25, -0.2) is 15.8 Å². The van der Waals surface area contributed by atoms with Crippen LogP contribution in [0.15, 0.2) is 5.16 Å². The molecule has 7 N–H and O–H groups in total. The molecule has 0 amide bonds. The first kappa shape index (κ1) is 18.1. The van der Waals surface area contributed by atoms with Gasteiger partial charge in [0, 0.05) is 11.8 Å². The molecule has 0 bridgehead atoms. The number of aromatic nitrogens is 2. The Kier molecular flexibility index (Phi) is 6.70. The number of aliphatic hydroxyl groups excluding tert-OH is 1. The highest BCUT2D eigenvalue weighted by Gasteiger charge is 2.31. The summed E-state index contributed by atoms with van der Waals surface area (Å²) in [6.07, 6.45) is 3.68. The summed E-state index contributed by atoms with van der Waals surface area (Å²) in [5.41, 5.74) is 12.2. The van der Waals surface area contributed by atoms with Gasteiger partial charge in [-0.05, 0) is 25.7 Å². The van der Waals surface area contributed by atoms with Gasteiger partial charge in [0.1, 0.15) is 5.69 Å². The Bertz CT molecular complexity index is 518. The van der Waals surface area contributed by atoms with Crippen LogP contribution in [0.2, 0.25) is 0 Å². The maximum Gasteiger partial charge on any atom is 0.191 e. The lowest BCUT2D eigenvalue weighted by Gasteiger charge is -2.26. The zero-order chi connectivity index (χ0) is 16.8. The van der Waals surface area contributed by atoms with Crippen LogP contribution in [0.3, 0.4) is 0 Å². The number of anilines is 3. The highest BCUT2D eigenvalue weighted by molar-refractivity contribution is 7.99. The Morgan fingerprint density at radius 3 is 2.83 bits per heavy atom. The maximum absolute atomic E-state index is 8.84. The molecule has 130 valence electrons. The summed E-state index contributed by atoms with van der Waals surface area (Å²) in [6.45, 7) is 2.47. The third kappa shape index (κ3) is 4.60. The van der Waals surface area contributed by atoms with Gasteiger partial charge in [0.25, 0.3) is 0 Å². The molecule has 1 aliphatic carbocycles. The van der Waals surface area contributed by atoms with Crippen LogP contribution < -0.4 is 22.3 Å². The molecule has 2 unspecified atom stereocenters. The summed E-state index contributed by atoms with van der Waals surface area (Å²) in [6, 6.07) is 0.0827. The molecule has 1 aromatic rings. The van der Waals surface area contributed by atoms with Crippen LogP contribution in [-0.4, -0.2) is 46.2 Å². The molecular formula is C14H26N6O2S. The van der Waals surface area contributed by atoms with Crippen LogP contribution in [0.4, 0.5) is 17.3 Å². The number of hydrogen-bond donors (Lipinski definition) is 4. The Labute approximate surface area is 140 Å². The van der Waals surface area contributed by atoms with Crippen LogP contribution in [-0.2, 0) is 4.74 Å². The molecular weight excluding hydrogens is 316 g/mol. The topological polar surface area (TPSA) is 137 Å². The van der Waals surface area contributed by atoms with E-state index in [4.69, 9.17) is 27.2 Å². The molecule has 1 saturated carbocycles. The summed E-state index contributed by atoms with van der Waals surface area (Å²) < 4.78 is 5.57. The van der Waals surface area contributed by atoms with Crippen molar-refractivity contribution in [1.82, 2.24) is 9.97 Å². The van der Waals surface area contributed by atoms with Gasteiger partial charge < -0.3 is 21.3 Å². The number of thioether (sulfide) groups is 1. The van der Waals surface area contributed by atoms with Gasteiger partial charge in [0.15, 0.2) is 16.8 Å². The molecule has 0 saturated heterocycles.